The van der Waals surface area contributed by atoms with Crippen LogP contribution in [0.5, 0.6) is 0 Å². The number of aryl methyl sites for hydroxylation is 1. The molecule has 0 radical (unpaired) electrons. The van der Waals surface area contributed by atoms with Gasteiger partial charge in [0.1, 0.15) is 5.78 Å². The molecule has 96 valence electrons. The van der Waals surface area contributed by atoms with Crippen molar-refractivity contribution in [3.63, 3.8) is 0 Å². The van der Waals surface area contributed by atoms with Crippen molar-refractivity contribution in [3.8, 4) is 0 Å². The van der Waals surface area contributed by atoms with E-state index < -0.39 is 11.9 Å². The van der Waals surface area contributed by atoms with Crippen molar-refractivity contribution in [2.45, 2.75) is 26.7 Å². The van der Waals surface area contributed by atoms with Crippen LogP contribution in [0.1, 0.15) is 35.7 Å². The Balaban J connectivity index is 2.89. The highest BCUT2D eigenvalue weighted by Crippen LogP contribution is 2.16. The zero-order valence-electron chi connectivity index (χ0n) is 10.3. The summed E-state index contributed by atoms with van der Waals surface area (Å²) < 4.78 is 0. The summed E-state index contributed by atoms with van der Waals surface area (Å²) in [5, 5.41) is 8.61. The smallest absolute Gasteiger partial charge is 0.303 e. The fraction of sp³-hybridized carbons (Fsp3) is 0.385. The molecule has 0 bridgehead atoms. The molecule has 1 atom stereocenters. The van der Waals surface area contributed by atoms with Gasteiger partial charge < -0.3 is 5.11 Å². The first-order valence-corrected chi connectivity index (χ1v) is 5.60. The third-order valence-corrected chi connectivity index (χ3v) is 2.61. The van der Waals surface area contributed by atoms with Gasteiger partial charge in [0, 0.05) is 24.4 Å². The van der Waals surface area contributed by atoms with E-state index in [1.54, 1.807) is 19.2 Å². The molecule has 0 aromatic carbocycles. The minimum Gasteiger partial charge on any atom is -0.481 e. The molecule has 1 aromatic heterocycles. The van der Waals surface area contributed by atoms with Gasteiger partial charge in [-0.15, -0.1) is 0 Å². The van der Waals surface area contributed by atoms with Crippen LogP contribution in [-0.2, 0) is 9.59 Å². The standard InChI is InChI=1S/C13H15NO4/c1-8-5-10(7-14-6-8)13(18)11(9(2)15)3-4-12(16)17/h5-7,11H,3-4H2,1-2H3,(H,16,17). The number of pyridine rings is 1. The van der Waals surface area contributed by atoms with Crippen molar-refractivity contribution in [1.29, 1.82) is 0 Å². The maximum absolute atomic E-state index is 12.1. The van der Waals surface area contributed by atoms with Gasteiger partial charge in [0.2, 0.25) is 0 Å². The van der Waals surface area contributed by atoms with E-state index in [9.17, 15) is 14.4 Å². The van der Waals surface area contributed by atoms with Gasteiger partial charge in [0.15, 0.2) is 5.78 Å². The largest absolute Gasteiger partial charge is 0.481 e. The van der Waals surface area contributed by atoms with Crippen LogP contribution in [-0.4, -0.2) is 27.6 Å². The Morgan fingerprint density at radius 3 is 2.50 bits per heavy atom. The Labute approximate surface area is 105 Å². The van der Waals surface area contributed by atoms with E-state index in [4.69, 9.17) is 5.11 Å². The highest BCUT2D eigenvalue weighted by molar-refractivity contribution is 6.10. The molecule has 5 heteroatoms. The number of carbonyl (C=O) groups excluding carboxylic acids is 2. The first-order valence-electron chi connectivity index (χ1n) is 5.60. The summed E-state index contributed by atoms with van der Waals surface area (Å²) in [7, 11) is 0. The maximum atomic E-state index is 12.1. The monoisotopic (exact) mass is 249 g/mol. The average molecular weight is 249 g/mol. The number of carboxylic acid groups (broad SMARTS) is 1. The minimum atomic E-state index is -1.02. The first kappa shape index (κ1) is 14.0. The Morgan fingerprint density at radius 1 is 1.33 bits per heavy atom. The summed E-state index contributed by atoms with van der Waals surface area (Å²) in [5.74, 6) is -2.59. The van der Waals surface area contributed by atoms with E-state index in [1.165, 1.54) is 13.1 Å². The molecule has 0 spiro atoms. The number of hydrogen-bond acceptors (Lipinski definition) is 4. The number of carboxylic acids is 1. The Bertz CT molecular complexity index is 482. The predicted octanol–water partition coefficient (Wildman–Crippen LogP) is 1.64. The number of Topliss-reactive ketones (excluding diaryl/α,β-unsaturated/α-hetero) is 2. The average Bonchev–Trinajstić information content (AvgIpc) is 2.28. The van der Waals surface area contributed by atoms with Crippen LogP contribution >= 0.6 is 0 Å². The second kappa shape index (κ2) is 6.05. The van der Waals surface area contributed by atoms with Crippen LogP contribution in [0.2, 0.25) is 0 Å². The van der Waals surface area contributed by atoms with Gasteiger partial charge in [-0.05, 0) is 31.9 Å². The maximum Gasteiger partial charge on any atom is 0.303 e. The molecule has 0 aliphatic carbocycles. The third-order valence-electron chi connectivity index (χ3n) is 2.61. The van der Waals surface area contributed by atoms with Crippen molar-refractivity contribution in [3.05, 3.63) is 29.6 Å². The summed E-state index contributed by atoms with van der Waals surface area (Å²) in [6.07, 6.45) is 2.83. The van der Waals surface area contributed by atoms with Crippen molar-refractivity contribution in [2.24, 2.45) is 5.92 Å². The van der Waals surface area contributed by atoms with Crippen LogP contribution in [0, 0.1) is 12.8 Å². The predicted molar refractivity (Wildman–Crippen MR) is 64.3 cm³/mol. The molecule has 1 N–H and O–H groups in total. The summed E-state index contributed by atoms with van der Waals surface area (Å²) in [6, 6.07) is 1.64. The number of rotatable bonds is 6. The lowest BCUT2D eigenvalue weighted by atomic mass is 9.90. The van der Waals surface area contributed by atoms with Gasteiger partial charge in [-0.3, -0.25) is 19.4 Å². The zero-order valence-corrected chi connectivity index (χ0v) is 10.3. The lowest BCUT2D eigenvalue weighted by molar-refractivity contribution is -0.137. The van der Waals surface area contributed by atoms with Gasteiger partial charge >= 0.3 is 5.97 Å². The molecule has 0 saturated heterocycles. The zero-order chi connectivity index (χ0) is 13.7. The number of carbonyl (C=O) groups is 3. The Kier molecular flexibility index (Phi) is 4.71. The van der Waals surface area contributed by atoms with Crippen LogP contribution in [0.15, 0.2) is 18.5 Å². The first-order chi connectivity index (χ1) is 8.41. The molecule has 0 amide bonds. The SMILES string of the molecule is CC(=O)C(CCC(=O)O)C(=O)c1cncc(C)c1. The number of ketones is 2. The summed E-state index contributed by atoms with van der Waals surface area (Å²) >= 11 is 0. The molecule has 1 aromatic rings. The molecule has 0 saturated carbocycles. The van der Waals surface area contributed by atoms with E-state index in [0.29, 0.717) is 5.56 Å². The van der Waals surface area contributed by atoms with E-state index in [1.807, 2.05) is 0 Å². The number of nitrogens with zero attached hydrogens (tertiary/aromatic N) is 1. The highest BCUT2D eigenvalue weighted by Gasteiger charge is 2.25. The molecule has 1 heterocycles. The molecule has 0 fully saturated rings. The van der Waals surface area contributed by atoms with Gasteiger partial charge in [-0.1, -0.05) is 0 Å². The molecule has 1 rings (SSSR count). The molecule has 0 aliphatic heterocycles. The molecule has 0 aliphatic rings. The van der Waals surface area contributed by atoms with Crippen LogP contribution in [0.3, 0.4) is 0 Å². The third kappa shape index (κ3) is 3.76. The topological polar surface area (TPSA) is 84.3 Å². The Morgan fingerprint density at radius 2 is 2.00 bits per heavy atom. The van der Waals surface area contributed by atoms with Crippen molar-refractivity contribution >= 4 is 17.5 Å². The van der Waals surface area contributed by atoms with Crippen LogP contribution in [0.4, 0.5) is 0 Å². The minimum absolute atomic E-state index is 0.0252. The second-order valence-electron chi connectivity index (χ2n) is 4.21. The second-order valence-corrected chi connectivity index (χ2v) is 4.21. The molecule has 1 unspecified atom stereocenters. The van der Waals surface area contributed by atoms with Gasteiger partial charge in [-0.2, -0.15) is 0 Å². The number of aliphatic carboxylic acids is 1. The Hall–Kier alpha value is -2.04. The fourth-order valence-electron chi connectivity index (χ4n) is 1.68. The summed E-state index contributed by atoms with van der Waals surface area (Å²) in [6.45, 7) is 3.09. The molecule has 5 nitrogen and oxygen atoms in total. The molecule has 18 heavy (non-hydrogen) atoms. The molecular formula is C13H15NO4. The van der Waals surface area contributed by atoms with Gasteiger partial charge in [-0.25, -0.2) is 0 Å². The van der Waals surface area contributed by atoms with Crippen molar-refractivity contribution in [2.75, 3.05) is 0 Å². The van der Waals surface area contributed by atoms with E-state index in [2.05, 4.69) is 4.98 Å². The van der Waals surface area contributed by atoms with Crippen LogP contribution < -0.4 is 0 Å². The van der Waals surface area contributed by atoms with Crippen molar-refractivity contribution < 1.29 is 19.5 Å². The lowest BCUT2D eigenvalue weighted by Crippen LogP contribution is -2.23. The number of hydrogen-bond donors (Lipinski definition) is 1. The van der Waals surface area contributed by atoms with E-state index in [-0.39, 0.29) is 24.4 Å². The van der Waals surface area contributed by atoms with Crippen LogP contribution in [0.25, 0.3) is 0 Å². The van der Waals surface area contributed by atoms with Crippen molar-refractivity contribution in [1.82, 2.24) is 4.98 Å². The quantitative estimate of drug-likeness (QED) is 0.612. The van der Waals surface area contributed by atoms with E-state index in [0.717, 1.165) is 5.56 Å². The summed E-state index contributed by atoms with van der Waals surface area (Å²) in [5.41, 5.74) is 1.17. The summed E-state index contributed by atoms with van der Waals surface area (Å²) in [4.78, 5) is 37.9. The van der Waals surface area contributed by atoms with Gasteiger partial charge in [0.25, 0.3) is 0 Å². The van der Waals surface area contributed by atoms with Gasteiger partial charge in [0.05, 0.1) is 5.92 Å². The highest BCUT2D eigenvalue weighted by atomic mass is 16.4. The van der Waals surface area contributed by atoms with E-state index >= 15 is 0 Å². The fourth-order valence-corrected chi connectivity index (χ4v) is 1.68. The normalized spacial score (nSPS) is 11.9. The molecular weight excluding hydrogens is 234 g/mol. The number of aromatic nitrogens is 1. The lowest BCUT2D eigenvalue weighted by Gasteiger charge is -2.11.